The van der Waals surface area contributed by atoms with E-state index in [1.807, 2.05) is 0 Å². The fourth-order valence-electron chi connectivity index (χ4n) is 1.35. The summed E-state index contributed by atoms with van der Waals surface area (Å²) in [7, 11) is 0. The molecule has 2 aromatic heterocycles. The van der Waals surface area contributed by atoms with E-state index in [-0.39, 0.29) is 6.04 Å². The molecule has 2 aromatic rings. The van der Waals surface area contributed by atoms with Crippen molar-refractivity contribution in [2.45, 2.75) is 25.8 Å². The van der Waals surface area contributed by atoms with Crippen molar-refractivity contribution in [3.8, 4) is 11.5 Å². The zero-order valence-electron chi connectivity index (χ0n) is 9.00. The van der Waals surface area contributed by atoms with Gasteiger partial charge in [0.15, 0.2) is 0 Å². The van der Waals surface area contributed by atoms with Crippen molar-refractivity contribution >= 4 is 0 Å². The molecule has 0 bridgehead atoms. The SMILES string of the molecule is CCCC(N)c1nc(-c2ccncn2)no1. The Kier molecular flexibility index (Phi) is 3.21. The number of nitrogens with zero attached hydrogens (tertiary/aromatic N) is 4. The van der Waals surface area contributed by atoms with E-state index in [0.29, 0.717) is 17.4 Å². The quantitative estimate of drug-likeness (QED) is 0.834. The molecule has 84 valence electrons. The molecule has 1 unspecified atom stereocenters. The molecule has 1 atom stereocenters. The average molecular weight is 219 g/mol. The average Bonchev–Trinajstić information content (AvgIpc) is 2.80. The smallest absolute Gasteiger partial charge is 0.243 e. The van der Waals surface area contributed by atoms with Gasteiger partial charge in [-0.2, -0.15) is 4.98 Å². The molecule has 0 aliphatic heterocycles. The summed E-state index contributed by atoms with van der Waals surface area (Å²) in [6, 6.07) is 1.52. The van der Waals surface area contributed by atoms with E-state index in [4.69, 9.17) is 10.3 Å². The van der Waals surface area contributed by atoms with Crippen LogP contribution in [0.25, 0.3) is 11.5 Å². The lowest BCUT2D eigenvalue weighted by Crippen LogP contribution is -2.09. The van der Waals surface area contributed by atoms with E-state index in [1.165, 1.54) is 6.33 Å². The first kappa shape index (κ1) is 10.7. The highest BCUT2D eigenvalue weighted by Gasteiger charge is 2.15. The molecular formula is C10H13N5O. The Labute approximate surface area is 92.9 Å². The van der Waals surface area contributed by atoms with Crippen molar-refractivity contribution in [3.05, 3.63) is 24.5 Å². The Morgan fingerprint density at radius 1 is 1.50 bits per heavy atom. The van der Waals surface area contributed by atoms with Gasteiger partial charge in [-0.05, 0) is 12.5 Å². The van der Waals surface area contributed by atoms with E-state index in [1.54, 1.807) is 12.3 Å². The van der Waals surface area contributed by atoms with Gasteiger partial charge in [-0.15, -0.1) is 0 Å². The molecule has 0 amide bonds. The minimum atomic E-state index is -0.201. The van der Waals surface area contributed by atoms with Gasteiger partial charge in [-0.3, -0.25) is 0 Å². The first-order chi connectivity index (χ1) is 7.81. The van der Waals surface area contributed by atoms with Crippen LogP contribution in [-0.4, -0.2) is 20.1 Å². The minimum absolute atomic E-state index is 0.201. The summed E-state index contributed by atoms with van der Waals surface area (Å²) >= 11 is 0. The largest absolute Gasteiger partial charge is 0.337 e. The van der Waals surface area contributed by atoms with Crippen LogP contribution in [0.2, 0.25) is 0 Å². The predicted molar refractivity (Wildman–Crippen MR) is 57.2 cm³/mol. The van der Waals surface area contributed by atoms with Gasteiger partial charge < -0.3 is 10.3 Å². The molecule has 0 saturated carbocycles. The molecule has 0 aliphatic rings. The highest BCUT2D eigenvalue weighted by Crippen LogP contribution is 2.17. The van der Waals surface area contributed by atoms with Gasteiger partial charge in [0.25, 0.3) is 0 Å². The Hall–Kier alpha value is -1.82. The van der Waals surface area contributed by atoms with Crippen LogP contribution in [0.4, 0.5) is 0 Å². The molecule has 2 rings (SSSR count). The third kappa shape index (κ3) is 2.22. The van der Waals surface area contributed by atoms with Crippen LogP contribution in [0, 0.1) is 0 Å². The summed E-state index contributed by atoms with van der Waals surface area (Å²) in [5.41, 5.74) is 6.50. The lowest BCUT2D eigenvalue weighted by Gasteiger charge is -2.01. The Balaban J connectivity index is 2.20. The molecule has 0 spiro atoms. The Bertz CT molecular complexity index is 441. The zero-order valence-corrected chi connectivity index (χ0v) is 9.00. The minimum Gasteiger partial charge on any atom is -0.337 e. The molecule has 6 nitrogen and oxygen atoms in total. The van der Waals surface area contributed by atoms with E-state index in [0.717, 1.165) is 12.8 Å². The first-order valence-corrected chi connectivity index (χ1v) is 5.17. The van der Waals surface area contributed by atoms with Gasteiger partial charge in [0.1, 0.15) is 12.0 Å². The molecular weight excluding hydrogens is 206 g/mol. The van der Waals surface area contributed by atoms with Crippen LogP contribution in [0.5, 0.6) is 0 Å². The normalized spacial score (nSPS) is 12.6. The number of hydrogen-bond acceptors (Lipinski definition) is 6. The highest BCUT2D eigenvalue weighted by molar-refractivity contribution is 5.46. The van der Waals surface area contributed by atoms with Gasteiger partial charge in [0.05, 0.1) is 6.04 Å². The van der Waals surface area contributed by atoms with Crippen molar-refractivity contribution < 1.29 is 4.52 Å². The third-order valence-electron chi connectivity index (χ3n) is 2.17. The molecule has 16 heavy (non-hydrogen) atoms. The number of nitrogens with two attached hydrogens (primary N) is 1. The fourth-order valence-corrected chi connectivity index (χ4v) is 1.35. The van der Waals surface area contributed by atoms with Crippen molar-refractivity contribution in [2.75, 3.05) is 0 Å². The van der Waals surface area contributed by atoms with Gasteiger partial charge >= 0.3 is 0 Å². The lowest BCUT2D eigenvalue weighted by atomic mass is 10.2. The number of hydrogen-bond donors (Lipinski definition) is 1. The van der Waals surface area contributed by atoms with E-state index >= 15 is 0 Å². The summed E-state index contributed by atoms with van der Waals surface area (Å²) in [6.45, 7) is 2.06. The second-order valence-corrected chi connectivity index (χ2v) is 3.45. The molecule has 0 radical (unpaired) electrons. The second kappa shape index (κ2) is 4.80. The first-order valence-electron chi connectivity index (χ1n) is 5.17. The van der Waals surface area contributed by atoms with Crippen molar-refractivity contribution in [1.29, 1.82) is 0 Å². The van der Waals surface area contributed by atoms with Gasteiger partial charge in [-0.25, -0.2) is 9.97 Å². The maximum absolute atomic E-state index is 5.87. The lowest BCUT2D eigenvalue weighted by molar-refractivity contribution is 0.348. The summed E-state index contributed by atoms with van der Waals surface area (Å²) in [4.78, 5) is 12.1. The van der Waals surface area contributed by atoms with E-state index < -0.39 is 0 Å². The third-order valence-corrected chi connectivity index (χ3v) is 2.17. The van der Waals surface area contributed by atoms with E-state index in [2.05, 4.69) is 27.0 Å². The van der Waals surface area contributed by atoms with Crippen LogP contribution in [0.3, 0.4) is 0 Å². The standard InChI is InChI=1S/C10H13N5O/c1-2-3-7(11)10-14-9(15-16-10)8-4-5-12-6-13-8/h4-7H,2-3,11H2,1H3. The molecule has 2 N–H and O–H groups in total. The van der Waals surface area contributed by atoms with Crippen LogP contribution in [-0.2, 0) is 0 Å². The molecule has 0 saturated heterocycles. The topological polar surface area (TPSA) is 90.7 Å². The number of rotatable bonds is 4. The summed E-state index contributed by atoms with van der Waals surface area (Å²) in [6.07, 6.45) is 4.87. The second-order valence-electron chi connectivity index (χ2n) is 3.45. The van der Waals surface area contributed by atoms with Crippen molar-refractivity contribution in [3.63, 3.8) is 0 Å². The maximum atomic E-state index is 5.87. The van der Waals surface area contributed by atoms with Crippen LogP contribution in [0.1, 0.15) is 31.7 Å². The summed E-state index contributed by atoms with van der Waals surface area (Å²) in [5, 5.41) is 3.83. The summed E-state index contributed by atoms with van der Waals surface area (Å²) in [5.74, 6) is 0.902. The monoisotopic (exact) mass is 219 g/mol. The number of aromatic nitrogens is 4. The van der Waals surface area contributed by atoms with Crippen LogP contribution < -0.4 is 5.73 Å². The molecule has 0 aliphatic carbocycles. The zero-order chi connectivity index (χ0) is 11.4. The van der Waals surface area contributed by atoms with Gasteiger partial charge in [0, 0.05) is 6.20 Å². The highest BCUT2D eigenvalue weighted by atomic mass is 16.5. The maximum Gasteiger partial charge on any atom is 0.243 e. The molecule has 0 aromatic carbocycles. The molecule has 2 heterocycles. The van der Waals surface area contributed by atoms with Gasteiger partial charge in [-0.1, -0.05) is 18.5 Å². The predicted octanol–water partition coefficient (Wildman–Crippen LogP) is 1.33. The Morgan fingerprint density at radius 2 is 2.38 bits per heavy atom. The molecule has 6 heteroatoms. The van der Waals surface area contributed by atoms with Crippen molar-refractivity contribution in [2.24, 2.45) is 5.73 Å². The van der Waals surface area contributed by atoms with E-state index in [9.17, 15) is 0 Å². The summed E-state index contributed by atoms with van der Waals surface area (Å²) < 4.78 is 5.09. The van der Waals surface area contributed by atoms with Crippen LogP contribution >= 0.6 is 0 Å². The van der Waals surface area contributed by atoms with Crippen LogP contribution in [0.15, 0.2) is 23.1 Å². The van der Waals surface area contributed by atoms with Gasteiger partial charge in [0.2, 0.25) is 11.7 Å². The molecule has 0 fully saturated rings. The van der Waals surface area contributed by atoms with Crippen molar-refractivity contribution in [1.82, 2.24) is 20.1 Å². The Morgan fingerprint density at radius 3 is 3.06 bits per heavy atom. The fraction of sp³-hybridized carbons (Fsp3) is 0.400.